The number of benzene rings is 3. The molecule has 0 atom stereocenters. The number of halogens is 3. The van der Waals surface area contributed by atoms with E-state index in [9.17, 15) is 23.1 Å². The Hall–Kier alpha value is -4.53. The average Bonchev–Trinajstić information content (AvgIpc) is 3.40. The molecular weight excluding hydrogens is 495 g/mol. The molecular formula is C29H24F3N3O3. The standard InChI is InChI=1S/C29H24F3N3O3/c1-16-6-9-20(12-17(16)2)35-25-13-19(29(30,31)32)8-10-22(25)23(28(35)38)15-33-24-5-3-4-21-18(7-11-26(36)37)14-34-27(21)24/h3-6,8-10,12-15,34,38H,7,11H2,1-2H3,(H,36,37). The van der Waals surface area contributed by atoms with Crippen LogP contribution in [-0.4, -0.2) is 31.9 Å². The van der Waals surface area contributed by atoms with Crippen LogP contribution in [0.1, 0.15) is 34.2 Å². The van der Waals surface area contributed by atoms with Gasteiger partial charge in [0.1, 0.15) is 0 Å². The van der Waals surface area contributed by atoms with Crippen LogP contribution in [0.2, 0.25) is 0 Å². The minimum Gasteiger partial charge on any atom is -0.494 e. The lowest BCUT2D eigenvalue weighted by molar-refractivity contribution is -0.138. The summed E-state index contributed by atoms with van der Waals surface area (Å²) >= 11 is 0. The second-order valence-electron chi connectivity index (χ2n) is 9.24. The normalized spacial score (nSPS) is 12.2. The number of aliphatic carboxylic acids is 1. The molecule has 0 unspecified atom stereocenters. The Morgan fingerprint density at radius 3 is 2.55 bits per heavy atom. The minimum atomic E-state index is -4.54. The van der Waals surface area contributed by atoms with E-state index in [0.29, 0.717) is 28.7 Å². The number of aromatic nitrogens is 2. The zero-order valence-corrected chi connectivity index (χ0v) is 20.6. The Morgan fingerprint density at radius 2 is 1.84 bits per heavy atom. The highest BCUT2D eigenvalue weighted by molar-refractivity contribution is 6.05. The number of para-hydroxylation sites is 1. The molecule has 0 saturated carbocycles. The number of hydrogen-bond donors (Lipinski definition) is 3. The number of nitrogens with zero attached hydrogens (tertiary/aromatic N) is 2. The summed E-state index contributed by atoms with van der Waals surface area (Å²) in [7, 11) is 0. The number of aromatic amines is 1. The number of carboxylic acids is 1. The van der Waals surface area contributed by atoms with Gasteiger partial charge in [0.15, 0.2) is 0 Å². The maximum absolute atomic E-state index is 13.6. The van der Waals surface area contributed by atoms with Crippen molar-refractivity contribution in [1.82, 2.24) is 9.55 Å². The topological polar surface area (TPSA) is 90.6 Å². The van der Waals surface area contributed by atoms with Crippen LogP contribution in [0.3, 0.4) is 0 Å². The smallest absolute Gasteiger partial charge is 0.416 e. The van der Waals surface area contributed by atoms with Crippen molar-refractivity contribution >= 4 is 39.7 Å². The zero-order valence-electron chi connectivity index (χ0n) is 20.6. The van der Waals surface area contributed by atoms with Crippen molar-refractivity contribution in [2.75, 3.05) is 0 Å². The molecule has 0 aliphatic heterocycles. The Kier molecular flexibility index (Phi) is 6.22. The molecule has 5 aromatic rings. The number of fused-ring (bicyclic) bond motifs is 2. The summed E-state index contributed by atoms with van der Waals surface area (Å²) in [4.78, 5) is 18.7. The number of aromatic hydroxyl groups is 1. The number of carboxylic acid groups (broad SMARTS) is 1. The lowest BCUT2D eigenvalue weighted by atomic mass is 10.1. The van der Waals surface area contributed by atoms with E-state index < -0.39 is 17.7 Å². The van der Waals surface area contributed by atoms with Crippen LogP contribution in [0.5, 0.6) is 5.88 Å². The predicted octanol–water partition coefficient (Wildman–Crippen LogP) is 7.22. The molecule has 5 rings (SSSR count). The molecule has 9 heteroatoms. The van der Waals surface area contributed by atoms with Crippen LogP contribution >= 0.6 is 0 Å². The molecule has 38 heavy (non-hydrogen) atoms. The lowest BCUT2D eigenvalue weighted by Crippen LogP contribution is -2.05. The molecule has 194 valence electrons. The molecule has 3 N–H and O–H groups in total. The fraction of sp³-hybridized carbons (Fsp3) is 0.172. The van der Waals surface area contributed by atoms with Crippen molar-refractivity contribution in [2.45, 2.75) is 32.9 Å². The van der Waals surface area contributed by atoms with Gasteiger partial charge in [0, 0.05) is 35.3 Å². The summed E-state index contributed by atoms with van der Waals surface area (Å²) < 4.78 is 42.1. The van der Waals surface area contributed by atoms with Crippen LogP contribution in [0.4, 0.5) is 18.9 Å². The number of aryl methyl sites for hydroxylation is 3. The van der Waals surface area contributed by atoms with Crippen LogP contribution in [0.15, 0.2) is 65.8 Å². The first-order valence-electron chi connectivity index (χ1n) is 11.9. The van der Waals surface area contributed by atoms with Crippen LogP contribution in [-0.2, 0) is 17.4 Å². The van der Waals surface area contributed by atoms with Crippen LogP contribution in [0.25, 0.3) is 27.5 Å². The van der Waals surface area contributed by atoms with E-state index in [2.05, 4.69) is 9.98 Å². The highest BCUT2D eigenvalue weighted by Crippen LogP contribution is 2.38. The summed E-state index contributed by atoms with van der Waals surface area (Å²) in [6.45, 7) is 3.83. The molecule has 0 aliphatic rings. The maximum Gasteiger partial charge on any atom is 0.416 e. The molecule has 2 heterocycles. The Bertz CT molecular complexity index is 1730. The van der Waals surface area contributed by atoms with Crippen LogP contribution in [0, 0.1) is 13.8 Å². The molecule has 0 fully saturated rings. The highest BCUT2D eigenvalue weighted by Gasteiger charge is 2.31. The molecule has 0 spiro atoms. The van der Waals surface area contributed by atoms with Crippen molar-refractivity contribution in [3.8, 4) is 11.6 Å². The van der Waals surface area contributed by atoms with Crippen molar-refractivity contribution in [1.29, 1.82) is 0 Å². The molecule has 6 nitrogen and oxygen atoms in total. The van der Waals surface area contributed by atoms with E-state index in [1.807, 2.05) is 32.0 Å². The predicted molar refractivity (Wildman–Crippen MR) is 141 cm³/mol. The van der Waals surface area contributed by atoms with E-state index in [0.717, 1.165) is 34.2 Å². The second kappa shape index (κ2) is 9.41. The Labute approximate surface area is 215 Å². The number of aliphatic imine (C=N–C) groups is 1. The van der Waals surface area contributed by atoms with E-state index in [4.69, 9.17) is 5.11 Å². The number of carbonyl (C=O) groups is 1. The van der Waals surface area contributed by atoms with E-state index >= 15 is 0 Å². The first-order valence-corrected chi connectivity index (χ1v) is 11.9. The fourth-order valence-corrected chi connectivity index (χ4v) is 4.62. The van der Waals surface area contributed by atoms with Gasteiger partial charge in [-0.2, -0.15) is 13.2 Å². The van der Waals surface area contributed by atoms with Gasteiger partial charge in [-0.1, -0.05) is 24.3 Å². The summed E-state index contributed by atoms with van der Waals surface area (Å²) in [5.41, 5.74) is 4.23. The zero-order chi connectivity index (χ0) is 27.2. The van der Waals surface area contributed by atoms with E-state index in [1.165, 1.54) is 16.8 Å². The van der Waals surface area contributed by atoms with Crippen LogP contribution < -0.4 is 0 Å². The molecule has 0 saturated heterocycles. The Balaban J connectivity index is 1.65. The summed E-state index contributed by atoms with van der Waals surface area (Å²) in [6, 6.07) is 14.2. The number of H-pyrrole nitrogens is 1. The number of rotatable bonds is 6. The van der Waals surface area contributed by atoms with Gasteiger partial charge < -0.3 is 15.2 Å². The monoisotopic (exact) mass is 519 g/mol. The highest BCUT2D eigenvalue weighted by atomic mass is 19.4. The summed E-state index contributed by atoms with van der Waals surface area (Å²) in [5.74, 6) is -1.12. The third-order valence-electron chi connectivity index (χ3n) is 6.78. The molecule has 0 amide bonds. The third kappa shape index (κ3) is 4.51. The van der Waals surface area contributed by atoms with E-state index in [-0.39, 0.29) is 23.4 Å². The van der Waals surface area contributed by atoms with Gasteiger partial charge in [-0.3, -0.25) is 14.4 Å². The largest absolute Gasteiger partial charge is 0.494 e. The summed E-state index contributed by atoms with van der Waals surface area (Å²) in [5, 5.41) is 21.5. The van der Waals surface area contributed by atoms with E-state index in [1.54, 1.807) is 24.4 Å². The quantitative estimate of drug-likeness (QED) is 0.207. The van der Waals surface area contributed by atoms with Gasteiger partial charge in [0.05, 0.1) is 27.8 Å². The first kappa shape index (κ1) is 25.1. The van der Waals surface area contributed by atoms with Crippen molar-refractivity contribution in [2.24, 2.45) is 4.99 Å². The number of nitrogens with one attached hydrogen (secondary N) is 1. The maximum atomic E-state index is 13.6. The molecule has 0 aliphatic carbocycles. The molecule has 0 bridgehead atoms. The average molecular weight is 520 g/mol. The number of alkyl halides is 3. The fourth-order valence-electron chi connectivity index (χ4n) is 4.62. The second-order valence-corrected chi connectivity index (χ2v) is 9.24. The molecule has 0 radical (unpaired) electrons. The van der Waals surface area contributed by atoms with Gasteiger partial charge in [-0.05, 0) is 67.3 Å². The SMILES string of the molecule is Cc1ccc(-n2c(O)c(C=Nc3cccc4c(CCC(=O)O)c[nH]c34)c3ccc(C(F)(F)F)cc32)cc1C. The number of hydrogen-bond acceptors (Lipinski definition) is 3. The first-order chi connectivity index (χ1) is 18.0. The molecule has 3 aromatic carbocycles. The third-order valence-corrected chi connectivity index (χ3v) is 6.78. The van der Waals surface area contributed by atoms with Gasteiger partial charge in [-0.15, -0.1) is 0 Å². The van der Waals surface area contributed by atoms with Gasteiger partial charge in [-0.25, -0.2) is 0 Å². The Morgan fingerprint density at radius 1 is 1.05 bits per heavy atom. The minimum absolute atomic E-state index is 0.00771. The van der Waals surface area contributed by atoms with Gasteiger partial charge in [0.25, 0.3) is 0 Å². The van der Waals surface area contributed by atoms with Gasteiger partial charge >= 0.3 is 12.1 Å². The van der Waals surface area contributed by atoms with Crippen molar-refractivity contribution in [3.05, 3.63) is 88.6 Å². The lowest BCUT2D eigenvalue weighted by Gasteiger charge is -2.11. The van der Waals surface area contributed by atoms with Crippen molar-refractivity contribution in [3.63, 3.8) is 0 Å². The van der Waals surface area contributed by atoms with Crippen molar-refractivity contribution < 1.29 is 28.2 Å². The van der Waals surface area contributed by atoms with Gasteiger partial charge in [0.2, 0.25) is 5.88 Å². The summed E-state index contributed by atoms with van der Waals surface area (Å²) in [6.07, 6.45) is -1.01. The molecule has 2 aromatic heterocycles.